The predicted octanol–water partition coefficient (Wildman–Crippen LogP) is 3.66. The third-order valence-corrected chi connectivity index (χ3v) is 3.40. The molecule has 0 aliphatic rings. The summed E-state index contributed by atoms with van der Waals surface area (Å²) in [6, 6.07) is 14.6. The van der Waals surface area contributed by atoms with Gasteiger partial charge in [-0.25, -0.2) is 4.39 Å². The summed E-state index contributed by atoms with van der Waals surface area (Å²) in [6.07, 6.45) is 2.07. The minimum atomic E-state index is -0.556. The monoisotopic (exact) mass is 343 g/mol. The van der Waals surface area contributed by atoms with Crippen molar-refractivity contribution < 1.29 is 9.18 Å². The molecule has 1 amide bonds. The van der Waals surface area contributed by atoms with Gasteiger partial charge in [-0.2, -0.15) is 5.26 Å². The second-order valence-electron chi connectivity index (χ2n) is 4.96. The summed E-state index contributed by atoms with van der Waals surface area (Å²) in [4.78, 5) is 12.0. The van der Waals surface area contributed by atoms with Crippen LogP contribution in [-0.2, 0) is 11.2 Å². The lowest BCUT2D eigenvalue weighted by Crippen LogP contribution is -2.18. The van der Waals surface area contributed by atoms with Crippen molar-refractivity contribution in [3.63, 3.8) is 0 Å². The Bertz CT molecular complexity index is 782. The van der Waals surface area contributed by atoms with Crippen molar-refractivity contribution >= 4 is 23.2 Å². The maximum atomic E-state index is 12.8. The van der Waals surface area contributed by atoms with Crippen molar-refractivity contribution in [1.29, 1.82) is 5.26 Å². The fraction of sp³-hybridized carbons (Fsp3) is 0.111. The molecule has 6 heteroatoms. The van der Waals surface area contributed by atoms with Crippen molar-refractivity contribution in [1.82, 2.24) is 5.32 Å². The first-order valence-corrected chi connectivity index (χ1v) is 7.61. The van der Waals surface area contributed by atoms with Crippen LogP contribution in [0.2, 0.25) is 5.02 Å². The summed E-state index contributed by atoms with van der Waals surface area (Å²) in [6.45, 7) is 0.551. The van der Waals surface area contributed by atoms with E-state index in [0.717, 1.165) is 5.56 Å². The van der Waals surface area contributed by atoms with Gasteiger partial charge in [0.1, 0.15) is 17.5 Å². The van der Waals surface area contributed by atoms with Gasteiger partial charge in [-0.3, -0.25) is 4.79 Å². The van der Waals surface area contributed by atoms with Crippen molar-refractivity contribution in [2.75, 3.05) is 11.9 Å². The standard InChI is InChI=1S/C18H15ClFN3O/c19-15-3-1-2-13(10-15)8-9-22-12-14(11-21)18(24)23-17-6-4-16(20)5-7-17/h1-7,10,12,22H,8-9H2,(H,23,24)/b14-12-. The highest BCUT2D eigenvalue weighted by Gasteiger charge is 2.09. The second kappa shape index (κ2) is 8.70. The Morgan fingerprint density at radius 3 is 2.67 bits per heavy atom. The predicted molar refractivity (Wildman–Crippen MR) is 91.9 cm³/mol. The van der Waals surface area contributed by atoms with Crippen molar-refractivity contribution in [3.8, 4) is 6.07 Å². The molecular formula is C18H15ClFN3O. The Labute approximate surface area is 144 Å². The van der Waals surface area contributed by atoms with Crippen LogP contribution in [0.3, 0.4) is 0 Å². The maximum Gasteiger partial charge on any atom is 0.267 e. The molecule has 122 valence electrons. The number of amides is 1. The lowest BCUT2D eigenvalue weighted by Gasteiger charge is -2.05. The number of halogens is 2. The van der Waals surface area contributed by atoms with Gasteiger partial charge in [0.15, 0.2) is 0 Å². The van der Waals surface area contributed by atoms with Gasteiger partial charge in [0.25, 0.3) is 5.91 Å². The van der Waals surface area contributed by atoms with E-state index in [1.807, 2.05) is 24.3 Å². The molecule has 2 N–H and O–H groups in total. The van der Waals surface area contributed by atoms with Crippen LogP contribution in [0.5, 0.6) is 0 Å². The SMILES string of the molecule is N#C/C(=C/NCCc1cccc(Cl)c1)C(=O)Nc1ccc(F)cc1. The number of anilines is 1. The Balaban J connectivity index is 1.87. The Hall–Kier alpha value is -2.84. The number of nitrogens with zero attached hydrogens (tertiary/aromatic N) is 1. The van der Waals surface area contributed by atoms with E-state index in [-0.39, 0.29) is 5.57 Å². The summed E-state index contributed by atoms with van der Waals surface area (Å²) in [7, 11) is 0. The van der Waals surface area contributed by atoms with Crippen LogP contribution in [0.4, 0.5) is 10.1 Å². The maximum absolute atomic E-state index is 12.8. The highest BCUT2D eigenvalue weighted by molar-refractivity contribution is 6.30. The van der Waals surface area contributed by atoms with Gasteiger partial charge in [0.2, 0.25) is 0 Å². The van der Waals surface area contributed by atoms with Gasteiger partial charge < -0.3 is 10.6 Å². The molecule has 0 aromatic heterocycles. The third kappa shape index (κ3) is 5.41. The molecule has 24 heavy (non-hydrogen) atoms. The molecule has 0 saturated carbocycles. The number of nitriles is 1. The second-order valence-corrected chi connectivity index (χ2v) is 5.40. The average Bonchev–Trinajstić information content (AvgIpc) is 2.57. The molecule has 0 aliphatic carbocycles. The number of carbonyl (C=O) groups is 1. The Kier molecular flexibility index (Phi) is 6.35. The van der Waals surface area contributed by atoms with Gasteiger partial charge in [-0.05, 0) is 48.4 Å². The molecule has 2 rings (SSSR count). The van der Waals surface area contributed by atoms with Crippen LogP contribution in [0.1, 0.15) is 5.56 Å². The Morgan fingerprint density at radius 1 is 1.25 bits per heavy atom. The van der Waals surface area contributed by atoms with Crippen molar-refractivity contribution in [2.24, 2.45) is 0 Å². The van der Waals surface area contributed by atoms with Crippen molar-refractivity contribution in [2.45, 2.75) is 6.42 Å². The number of benzene rings is 2. The first-order valence-electron chi connectivity index (χ1n) is 7.23. The van der Waals surface area contributed by atoms with E-state index in [0.29, 0.717) is 23.7 Å². The van der Waals surface area contributed by atoms with Gasteiger partial charge in [0.05, 0.1) is 0 Å². The number of hydrogen-bond acceptors (Lipinski definition) is 3. The zero-order chi connectivity index (χ0) is 17.4. The first-order chi connectivity index (χ1) is 11.6. The third-order valence-electron chi connectivity index (χ3n) is 3.16. The molecule has 0 radical (unpaired) electrons. The van der Waals surface area contributed by atoms with E-state index < -0.39 is 11.7 Å². The van der Waals surface area contributed by atoms with E-state index >= 15 is 0 Å². The molecule has 0 spiro atoms. The van der Waals surface area contributed by atoms with E-state index in [2.05, 4.69) is 10.6 Å². The zero-order valence-electron chi connectivity index (χ0n) is 12.7. The van der Waals surface area contributed by atoms with Gasteiger partial charge in [-0.15, -0.1) is 0 Å². The van der Waals surface area contributed by atoms with Gasteiger partial charge in [-0.1, -0.05) is 23.7 Å². The summed E-state index contributed by atoms with van der Waals surface area (Å²) >= 11 is 5.91. The summed E-state index contributed by atoms with van der Waals surface area (Å²) < 4.78 is 12.8. The van der Waals surface area contributed by atoms with Gasteiger partial charge in [0, 0.05) is 23.5 Å². The molecule has 0 saturated heterocycles. The highest BCUT2D eigenvalue weighted by Crippen LogP contribution is 2.11. The fourth-order valence-corrected chi connectivity index (χ4v) is 2.18. The fourth-order valence-electron chi connectivity index (χ4n) is 1.96. The van der Waals surface area contributed by atoms with Crippen LogP contribution < -0.4 is 10.6 Å². The topological polar surface area (TPSA) is 64.9 Å². The lowest BCUT2D eigenvalue weighted by molar-refractivity contribution is -0.112. The number of hydrogen-bond donors (Lipinski definition) is 2. The number of carbonyl (C=O) groups excluding carboxylic acids is 1. The largest absolute Gasteiger partial charge is 0.389 e. The normalized spacial score (nSPS) is 10.8. The van der Waals surface area contributed by atoms with Gasteiger partial charge >= 0.3 is 0 Å². The minimum absolute atomic E-state index is 0.0644. The molecule has 0 fully saturated rings. The first kappa shape index (κ1) is 17.5. The minimum Gasteiger partial charge on any atom is -0.389 e. The van der Waals surface area contributed by atoms with Crippen LogP contribution >= 0.6 is 11.6 Å². The molecule has 0 unspecified atom stereocenters. The summed E-state index contributed by atoms with van der Waals surface area (Å²) in [5, 5.41) is 15.2. The molecule has 2 aromatic carbocycles. The molecule has 0 bridgehead atoms. The summed E-state index contributed by atoms with van der Waals surface area (Å²) in [5.41, 5.74) is 1.41. The average molecular weight is 344 g/mol. The number of nitrogens with one attached hydrogen (secondary N) is 2. The zero-order valence-corrected chi connectivity index (χ0v) is 13.5. The van der Waals surface area contributed by atoms with Crippen LogP contribution in [0, 0.1) is 17.1 Å². The highest BCUT2D eigenvalue weighted by atomic mass is 35.5. The Morgan fingerprint density at radius 2 is 2.00 bits per heavy atom. The van der Waals surface area contributed by atoms with E-state index in [1.54, 1.807) is 6.07 Å². The van der Waals surface area contributed by atoms with E-state index in [1.165, 1.54) is 30.5 Å². The molecular weight excluding hydrogens is 329 g/mol. The van der Waals surface area contributed by atoms with Crippen molar-refractivity contribution in [3.05, 3.63) is 76.7 Å². The van der Waals surface area contributed by atoms with E-state index in [4.69, 9.17) is 16.9 Å². The molecule has 0 aliphatic heterocycles. The van der Waals surface area contributed by atoms with E-state index in [9.17, 15) is 9.18 Å². The molecule has 2 aromatic rings. The smallest absolute Gasteiger partial charge is 0.267 e. The van der Waals surface area contributed by atoms with Crippen LogP contribution in [0.25, 0.3) is 0 Å². The summed E-state index contributed by atoms with van der Waals surface area (Å²) in [5.74, 6) is -0.953. The molecule has 4 nitrogen and oxygen atoms in total. The quantitative estimate of drug-likeness (QED) is 0.478. The lowest BCUT2D eigenvalue weighted by atomic mass is 10.1. The van der Waals surface area contributed by atoms with Crippen LogP contribution in [-0.4, -0.2) is 12.5 Å². The molecule has 0 heterocycles. The number of rotatable bonds is 6. The molecule has 0 atom stereocenters. The van der Waals surface area contributed by atoms with Crippen LogP contribution in [0.15, 0.2) is 60.3 Å².